The van der Waals surface area contributed by atoms with E-state index in [1.54, 1.807) is 0 Å². The van der Waals surface area contributed by atoms with Crippen molar-refractivity contribution in [2.24, 2.45) is 5.92 Å². The molecule has 0 fully saturated rings. The average molecular weight is 341 g/mol. The number of hydrogen-bond donors (Lipinski definition) is 2. The number of ether oxygens (including phenoxy) is 1. The molecule has 0 bridgehead atoms. The van der Waals surface area contributed by atoms with E-state index >= 15 is 0 Å². The van der Waals surface area contributed by atoms with Gasteiger partial charge in [-0.05, 0) is 18.8 Å². The van der Waals surface area contributed by atoms with Crippen LogP contribution in [0.5, 0.6) is 0 Å². The molecule has 0 aromatic carbocycles. The summed E-state index contributed by atoms with van der Waals surface area (Å²) in [5.74, 6) is -1.03. The quantitative estimate of drug-likeness (QED) is 0.250. The largest absolute Gasteiger partial charge is 0.479 e. The van der Waals surface area contributed by atoms with Crippen molar-refractivity contribution in [1.82, 2.24) is 0 Å². The Bertz CT molecular complexity index is 382. The summed E-state index contributed by atoms with van der Waals surface area (Å²) in [6, 6.07) is 0. The average Bonchev–Trinajstić information content (AvgIpc) is 2.50. The van der Waals surface area contributed by atoms with Crippen molar-refractivity contribution in [3.05, 3.63) is 0 Å². The summed E-state index contributed by atoms with van der Waals surface area (Å²) in [5, 5.41) is 16.8. The second-order valence-electron chi connectivity index (χ2n) is 6.74. The molecular formula is C19H35NO4. The third-order valence-electron chi connectivity index (χ3n) is 4.11. The number of hydrogen-bond acceptors (Lipinski definition) is 4. The lowest BCUT2D eigenvalue weighted by molar-refractivity contribution is -0.146. The van der Waals surface area contributed by atoms with E-state index in [9.17, 15) is 9.59 Å². The van der Waals surface area contributed by atoms with Crippen LogP contribution in [0.1, 0.15) is 91.4 Å². The molecule has 0 amide bonds. The summed E-state index contributed by atoms with van der Waals surface area (Å²) >= 11 is 0. The van der Waals surface area contributed by atoms with Crippen molar-refractivity contribution < 1.29 is 19.4 Å². The van der Waals surface area contributed by atoms with Gasteiger partial charge in [-0.15, -0.1) is 0 Å². The normalized spacial score (nSPS) is 13.3. The Kier molecular flexibility index (Phi) is 13.2. The molecule has 0 aliphatic carbocycles. The van der Waals surface area contributed by atoms with Gasteiger partial charge in [0.05, 0.1) is 6.42 Å². The highest BCUT2D eigenvalue weighted by molar-refractivity contribution is 5.97. The van der Waals surface area contributed by atoms with Crippen LogP contribution in [0.3, 0.4) is 0 Å². The van der Waals surface area contributed by atoms with Gasteiger partial charge in [0.25, 0.3) is 0 Å². The molecule has 0 spiro atoms. The molecular weight excluding hydrogens is 306 g/mol. The molecule has 0 heterocycles. The van der Waals surface area contributed by atoms with Gasteiger partial charge < -0.3 is 9.84 Å². The first-order valence-corrected chi connectivity index (χ1v) is 9.39. The fourth-order valence-corrected chi connectivity index (χ4v) is 2.67. The van der Waals surface area contributed by atoms with E-state index in [1.165, 1.54) is 25.7 Å². The highest BCUT2D eigenvalue weighted by atomic mass is 16.5. The van der Waals surface area contributed by atoms with Crippen molar-refractivity contribution >= 4 is 17.7 Å². The zero-order chi connectivity index (χ0) is 18.4. The Hall–Kier alpha value is -1.39. The monoisotopic (exact) mass is 341 g/mol. The Morgan fingerprint density at radius 3 is 2.21 bits per heavy atom. The van der Waals surface area contributed by atoms with E-state index in [-0.39, 0.29) is 18.1 Å². The number of carbonyl (C=O) groups excluding carboxylic acids is 1. The number of nitrogens with one attached hydrogen (secondary N) is 1. The summed E-state index contributed by atoms with van der Waals surface area (Å²) in [6.45, 7) is 6.22. The van der Waals surface area contributed by atoms with Crippen LogP contribution in [0, 0.1) is 11.3 Å². The smallest absolute Gasteiger partial charge is 0.344 e. The van der Waals surface area contributed by atoms with Crippen molar-refractivity contribution in [3.63, 3.8) is 0 Å². The van der Waals surface area contributed by atoms with Crippen molar-refractivity contribution in [2.45, 2.75) is 97.5 Å². The molecule has 0 saturated carbocycles. The van der Waals surface area contributed by atoms with Crippen LogP contribution in [0.2, 0.25) is 0 Å². The third-order valence-corrected chi connectivity index (χ3v) is 4.11. The van der Waals surface area contributed by atoms with Crippen LogP contribution < -0.4 is 0 Å². The minimum absolute atomic E-state index is 0.0410. The summed E-state index contributed by atoms with van der Waals surface area (Å²) in [5.41, 5.74) is 0. The van der Waals surface area contributed by atoms with Crippen LogP contribution in [-0.2, 0) is 14.3 Å². The van der Waals surface area contributed by atoms with Gasteiger partial charge >= 0.3 is 5.97 Å². The minimum Gasteiger partial charge on any atom is -0.479 e. The lowest BCUT2D eigenvalue weighted by Gasteiger charge is -2.15. The van der Waals surface area contributed by atoms with Gasteiger partial charge in [-0.25, -0.2) is 4.79 Å². The number of rotatable bonds is 15. The maximum atomic E-state index is 12.0. The van der Waals surface area contributed by atoms with Crippen LogP contribution in [0.15, 0.2) is 0 Å². The molecule has 2 atom stereocenters. The Morgan fingerprint density at radius 2 is 1.62 bits per heavy atom. The summed E-state index contributed by atoms with van der Waals surface area (Å²) in [6.07, 6.45) is 8.42. The van der Waals surface area contributed by atoms with E-state index < -0.39 is 12.1 Å². The number of carboxylic acid groups (broad SMARTS) is 1. The molecule has 0 aliphatic heterocycles. The van der Waals surface area contributed by atoms with E-state index in [1.807, 2.05) is 6.92 Å². The molecule has 5 nitrogen and oxygen atoms in total. The van der Waals surface area contributed by atoms with Crippen LogP contribution in [0.4, 0.5) is 0 Å². The maximum Gasteiger partial charge on any atom is 0.344 e. The number of unbranched alkanes of at least 4 members (excludes halogenated alkanes) is 5. The second-order valence-corrected chi connectivity index (χ2v) is 6.74. The Labute approximate surface area is 146 Å². The SMILES string of the molecule is CCCCCCCC(C)CC(=O)CC(=N)OC(CCCC)C(=O)O. The fraction of sp³-hybridized carbons (Fsp3) is 0.842. The van der Waals surface area contributed by atoms with Crippen molar-refractivity contribution in [2.75, 3.05) is 0 Å². The Balaban J connectivity index is 4.02. The highest BCUT2D eigenvalue weighted by Crippen LogP contribution is 2.16. The van der Waals surface area contributed by atoms with Gasteiger partial charge in [0, 0.05) is 6.42 Å². The molecule has 2 N–H and O–H groups in total. The topological polar surface area (TPSA) is 87.5 Å². The van der Waals surface area contributed by atoms with Gasteiger partial charge in [0.1, 0.15) is 5.78 Å². The first-order chi connectivity index (χ1) is 11.4. The standard InChI is InChI=1S/C19H35NO4/c1-4-6-8-9-10-11-15(3)13-16(21)14-18(20)24-17(19(22)23)12-7-5-2/h15,17,20H,4-14H2,1-3H3,(H,22,23). The maximum absolute atomic E-state index is 12.0. The molecule has 0 aromatic rings. The number of carboxylic acids is 1. The van der Waals surface area contributed by atoms with Gasteiger partial charge in [-0.2, -0.15) is 0 Å². The molecule has 140 valence electrons. The molecule has 0 rings (SSSR count). The lowest BCUT2D eigenvalue weighted by Crippen LogP contribution is -2.27. The third kappa shape index (κ3) is 12.1. The zero-order valence-electron chi connectivity index (χ0n) is 15.6. The molecule has 24 heavy (non-hydrogen) atoms. The zero-order valence-corrected chi connectivity index (χ0v) is 15.6. The van der Waals surface area contributed by atoms with E-state index in [2.05, 4.69) is 13.8 Å². The molecule has 0 aliphatic rings. The molecule has 2 unspecified atom stereocenters. The van der Waals surface area contributed by atoms with E-state index in [0.717, 1.165) is 25.7 Å². The summed E-state index contributed by atoms with van der Waals surface area (Å²) in [7, 11) is 0. The minimum atomic E-state index is -1.07. The first-order valence-electron chi connectivity index (χ1n) is 9.39. The number of aliphatic carboxylic acids is 1. The van der Waals surface area contributed by atoms with Crippen LogP contribution in [-0.4, -0.2) is 28.9 Å². The molecule has 0 saturated heterocycles. The number of ketones is 1. The number of carbonyl (C=O) groups is 2. The van der Waals surface area contributed by atoms with Gasteiger partial charge in [-0.1, -0.05) is 65.7 Å². The van der Waals surface area contributed by atoms with Crippen LogP contribution in [0.25, 0.3) is 0 Å². The van der Waals surface area contributed by atoms with Crippen molar-refractivity contribution in [3.8, 4) is 0 Å². The predicted molar refractivity (Wildman–Crippen MR) is 96.5 cm³/mol. The predicted octanol–water partition coefficient (Wildman–Crippen LogP) is 4.97. The van der Waals surface area contributed by atoms with E-state index in [4.69, 9.17) is 15.3 Å². The molecule has 0 aromatic heterocycles. The second kappa shape index (κ2) is 14.0. The van der Waals surface area contributed by atoms with Crippen molar-refractivity contribution in [1.29, 1.82) is 5.41 Å². The molecule has 0 radical (unpaired) electrons. The summed E-state index contributed by atoms with van der Waals surface area (Å²) < 4.78 is 5.15. The van der Waals surface area contributed by atoms with Gasteiger partial charge in [0.15, 0.2) is 12.0 Å². The lowest BCUT2D eigenvalue weighted by atomic mass is 9.96. The highest BCUT2D eigenvalue weighted by Gasteiger charge is 2.21. The molecule has 5 heteroatoms. The van der Waals surface area contributed by atoms with Gasteiger partial charge in [-0.3, -0.25) is 10.2 Å². The number of Topliss-reactive ketones (excluding diaryl/α,β-unsaturated/α-hetero) is 1. The summed E-state index contributed by atoms with van der Waals surface area (Å²) in [4.78, 5) is 23.1. The fourth-order valence-electron chi connectivity index (χ4n) is 2.67. The van der Waals surface area contributed by atoms with E-state index in [0.29, 0.717) is 18.8 Å². The van der Waals surface area contributed by atoms with Crippen LogP contribution >= 0.6 is 0 Å². The Morgan fingerprint density at radius 1 is 1.00 bits per heavy atom. The first kappa shape index (κ1) is 22.6. The van der Waals surface area contributed by atoms with Gasteiger partial charge in [0.2, 0.25) is 0 Å².